The van der Waals surface area contributed by atoms with E-state index in [2.05, 4.69) is 46.4 Å². The zero-order valence-electron chi connectivity index (χ0n) is 6.54. The van der Waals surface area contributed by atoms with Crippen LogP contribution in [0.25, 0.3) is 0 Å². The molecule has 0 radical (unpaired) electrons. The second-order valence-electron chi connectivity index (χ2n) is 1.99. The minimum Gasteiger partial charge on any atom is -0.198 e. The van der Waals surface area contributed by atoms with Crippen LogP contribution in [0.15, 0.2) is 0 Å². The number of hydrogen-bond acceptors (Lipinski definition) is 0. The Bertz CT molecular complexity index is 158. The van der Waals surface area contributed by atoms with E-state index in [1.54, 1.807) is 0 Å². The molecular weight excluding hydrogens is 342 g/mol. The van der Waals surface area contributed by atoms with Gasteiger partial charge in [0.25, 0.3) is 0 Å². The third-order valence-electron chi connectivity index (χ3n) is 0.643. The molecule has 0 heterocycles. The summed E-state index contributed by atoms with van der Waals surface area (Å²) in [5, 5.41) is 0. The third-order valence-corrected chi connectivity index (χ3v) is 1.50. The second kappa shape index (κ2) is 5.49. The van der Waals surface area contributed by atoms with Crippen molar-refractivity contribution in [2.24, 2.45) is 0 Å². The summed E-state index contributed by atoms with van der Waals surface area (Å²) in [6.07, 6.45) is -10.4. The number of rotatable bonds is 0. The van der Waals surface area contributed by atoms with Crippen molar-refractivity contribution in [2.45, 2.75) is 21.5 Å². The van der Waals surface area contributed by atoms with Crippen molar-refractivity contribution < 1.29 is 35.1 Å². The summed E-state index contributed by atoms with van der Waals surface area (Å²) >= 11 is 15.9. The van der Waals surface area contributed by atoms with Crippen LogP contribution in [-0.2, 0) is 0 Å². The standard InChI is InChI=1S/2C2Cl2F4/c2*3-1(4,5)2(6,7)8. The molecule has 0 saturated heterocycles. The average molecular weight is 342 g/mol. The van der Waals surface area contributed by atoms with Crippen LogP contribution in [0.2, 0.25) is 0 Å². The summed E-state index contributed by atoms with van der Waals surface area (Å²) in [5.74, 6) is 0. The van der Waals surface area contributed by atoms with Gasteiger partial charge in [0.2, 0.25) is 0 Å². The molecule has 100 valence electrons. The minimum absolute atomic E-state index is 3.98. The molecule has 0 amide bonds. The fraction of sp³-hybridized carbons (Fsp3) is 1.00. The van der Waals surface area contributed by atoms with E-state index in [1.165, 1.54) is 0 Å². The van der Waals surface area contributed by atoms with Crippen LogP contribution < -0.4 is 0 Å². The van der Waals surface area contributed by atoms with Gasteiger partial charge in [-0.1, -0.05) is 46.4 Å². The molecule has 0 nitrogen and oxygen atoms in total. The highest BCUT2D eigenvalue weighted by atomic mass is 35.5. The third kappa shape index (κ3) is 7.81. The fourth-order valence-electron chi connectivity index (χ4n) is 0. The zero-order chi connectivity index (χ0) is 14.0. The molecule has 0 atom stereocenters. The van der Waals surface area contributed by atoms with Gasteiger partial charge in [0, 0.05) is 0 Å². The Labute approximate surface area is 103 Å². The van der Waals surface area contributed by atoms with Crippen LogP contribution in [0, 0.1) is 0 Å². The Kier molecular flexibility index (Phi) is 6.51. The normalized spacial score (nSPS) is 14.2. The first-order chi connectivity index (χ1) is 6.50. The topological polar surface area (TPSA) is 0 Å². The first-order valence-electron chi connectivity index (χ1n) is 2.77. The van der Waals surface area contributed by atoms with Crippen molar-refractivity contribution in [3.05, 3.63) is 0 Å². The van der Waals surface area contributed by atoms with Crippen LogP contribution in [0.1, 0.15) is 0 Å². The van der Waals surface area contributed by atoms with E-state index < -0.39 is 21.5 Å². The summed E-state index contributed by atoms with van der Waals surface area (Å²) in [6.45, 7) is 0. The lowest BCUT2D eigenvalue weighted by Crippen LogP contribution is -2.28. The van der Waals surface area contributed by atoms with E-state index in [0.29, 0.717) is 0 Å². The van der Waals surface area contributed by atoms with Gasteiger partial charge in [-0.05, 0) is 0 Å². The predicted octanol–water partition coefficient (Wildman–Crippen LogP) is 5.30. The van der Waals surface area contributed by atoms with Gasteiger partial charge in [-0.25, -0.2) is 0 Å². The summed E-state index contributed by atoms with van der Waals surface area (Å²) in [4.78, 5) is 0. The molecule has 0 unspecified atom stereocenters. The van der Waals surface area contributed by atoms with Crippen LogP contribution >= 0.6 is 46.4 Å². The summed E-state index contributed by atoms with van der Waals surface area (Å²) in [5.41, 5.74) is 0. The SMILES string of the molecule is FC(F)(F)C(F)(Cl)Cl.FC(F)(F)C(F)(Cl)Cl. The minimum atomic E-state index is -5.20. The summed E-state index contributed by atoms with van der Waals surface area (Å²) < 4.78 is 79.9. The van der Waals surface area contributed by atoms with Crippen molar-refractivity contribution in [3.8, 4) is 0 Å². The first-order valence-corrected chi connectivity index (χ1v) is 4.28. The van der Waals surface area contributed by atoms with Gasteiger partial charge in [-0.15, -0.1) is 0 Å². The molecule has 0 aromatic carbocycles. The van der Waals surface area contributed by atoms with E-state index in [1.807, 2.05) is 0 Å². The molecule has 0 saturated carbocycles. The molecular formula is C4Cl4F8. The molecule has 0 aliphatic rings. The lowest BCUT2D eigenvalue weighted by atomic mass is 10.7. The highest BCUT2D eigenvalue weighted by molar-refractivity contribution is 6.48. The smallest absolute Gasteiger partial charge is 0.198 e. The van der Waals surface area contributed by atoms with E-state index >= 15 is 0 Å². The van der Waals surface area contributed by atoms with Gasteiger partial charge >= 0.3 is 21.5 Å². The number of alkyl halides is 12. The van der Waals surface area contributed by atoms with E-state index in [0.717, 1.165) is 0 Å². The average Bonchev–Trinajstić information content (AvgIpc) is 1.77. The monoisotopic (exact) mass is 340 g/mol. The molecule has 0 spiro atoms. The van der Waals surface area contributed by atoms with Crippen molar-refractivity contribution in [3.63, 3.8) is 0 Å². The van der Waals surface area contributed by atoms with Crippen molar-refractivity contribution >= 4 is 46.4 Å². The van der Waals surface area contributed by atoms with Gasteiger partial charge in [-0.3, -0.25) is 0 Å². The number of halogens is 12. The maximum atomic E-state index is 11.3. The molecule has 0 bridgehead atoms. The number of hydrogen-bond donors (Lipinski definition) is 0. The van der Waals surface area contributed by atoms with Crippen LogP contribution in [0.4, 0.5) is 35.1 Å². The lowest BCUT2D eigenvalue weighted by Gasteiger charge is -2.11. The highest BCUT2D eigenvalue weighted by Gasteiger charge is 2.54. The predicted molar refractivity (Wildman–Crippen MR) is 43.2 cm³/mol. The highest BCUT2D eigenvalue weighted by Crippen LogP contribution is 2.41. The van der Waals surface area contributed by atoms with Gasteiger partial charge in [0.05, 0.1) is 0 Å². The lowest BCUT2D eigenvalue weighted by molar-refractivity contribution is -0.171. The Morgan fingerprint density at radius 1 is 0.438 bits per heavy atom. The Balaban J connectivity index is 0. The van der Waals surface area contributed by atoms with Crippen molar-refractivity contribution in [2.75, 3.05) is 0 Å². The van der Waals surface area contributed by atoms with Crippen LogP contribution in [-0.4, -0.2) is 21.5 Å². The van der Waals surface area contributed by atoms with E-state index in [-0.39, 0.29) is 0 Å². The quantitative estimate of drug-likeness (QED) is 0.414. The molecule has 0 fully saturated rings. The molecule has 16 heavy (non-hydrogen) atoms. The molecule has 0 aromatic rings. The second-order valence-corrected chi connectivity index (χ2v) is 4.46. The first kappa shape index (κ1) is 19.0. The molecule has 0 aliphatic carbocycles. The van der Waals surface area contributed by atoms with Crippen molar-refractivity contribution in [1.82, 2.24) is 0 Å². The van der Waals surface area contributed by atoms with Gasteiger partial charge in [0.1, 0.15) is 0 Å². The molecule has 0 aliphatic heterocycles. The molecule has 0 rings (SSSR count). The van der Waals surface area contributed by atoms with Crippen LogP contribution in [0.5, 0.6) is 0 Å². The maximum Gasteiger partial charge on any atom is 0.452 e. The Hall–Kier alpha value is 0.600. The maximum absolute atomic E-state index is 11.3. The van der Waals surface area contributed by atoms with Gasteiger partial charge < -0.3 is 0 Å². The largest absolute Gasteiger partial charge is 0.452 e. The van der Waals surface area contributed by atoms with E-state index in [4.69, 9.17) is 0 Å². The molecule has 12 heteroatoms. The molecule has 0 aromatic heterocycles. The van der Waals surface area contributed by atoms with E-state index in [9.17, 15) is 35.1 Å². The Morgan fingerprint density at radius 3 is 0.500 bits per heavy atom. The molecule has 0 N–H and O–H groups in total. The van der Waals surface area contributed by atoms with Gasteiger partial charge in [0.15, 0.2) is 0 Å². The van der Waals surface area contributed by atoms with Crippen LogP contribution in [0.3, 0.4) is 0 Å². The summed E-state index contributed by atoms with van der Waals surface area (Å²) in [6, 6.07) is 0. The van der Waals surface area contributed by atoms with Crippen molar-refractivity contribution in [1.29, 1.82) is 0 Å². The Morgan fingerprint density at radius 2 is 0.500 bits per heavy atom. The summed E-state index contributed by atoms with van der Waals surface area (Å²) in [7, 11) is 0. The fourth-order valence-corrected chi connectivity index (χ4v) is 0. The van der Waals surface area contributed by atoms with Gasteiger partial charge in [-0.2, -0.15) is 35.1 Å². The zero-order valence-corrected chi connectivity index (χ0v) is 9.56.